The molecule has 0 aliphatic heterocycles. The Bertz CT molecular complexity index is 601. The van der Waals surface area contributed by atoms with Crippen molar-refractivity contribution in [1.29, 1.82) is 0 Å². The predicted molar refractivity (Wildman–Crippen MR) is 80.3 cm³/mol. The summed E-state index contributed by atoms with van der Waals surface area (Å²) in [6, 6.07) is 7.94. The minimum Gasteiger partial charge on any atom is -0.497 e. The molecule has 1 N–H and O–H groups in total. The highest BCUT2D eigenvalue weighted by atomic mass is 32.2. The quantitative estimate of drug-likeness (QED) is 0.912. The van der Waals surface area contributed by atoms with Crippen molar-refractivity contribution in [2.45, 2.75) is 13.0 Å². The van der Waals surface area contributed by atoms with Gasteiger partial charge in [0.05, 0.1) is 7.11 Å². The van der Waals surface area contributed by atoms with Crippen LogP contribution in [0.5, 0.6) is 5.75 Å². The van der Waals surface area contributed by atoms with Crippen LogP contribution in [0.15, 0.2) is 30.5 Å². The summed E-state index contributed by atoms with van der Waals surface area (Å²) in [7, 11) is 0.835. The third-order valence-corrected chi connectivity index (χ3v) is 3.81. The van der Waals surface area contributed by atoms with Crippen LogP contribution in [0.2, 0.25) is 0 Å². The second kappa shape index (κ2) is 6.02. The number of methoxy groups -OCH3 is 1. The lowest BCUT2D eigenvalue weighted by atomic mass is 10.1. The van der Waals surface area contributed by atoms with E-state index in [1.165, 1.54) is 0 Å². The monoisotopic (exact) mass is 278 g/mol. The second-order valence-corrected chi connectivity index (χ2v) is 6.01. The van der Waals surface area contributed by atoms with E-state index in [9.17, 15) is 4.21 Å². The molecule has 0 radical (unpaired) electrons. The van der Waals surface area contributed by atoms with Gasteiger partial charge in [-0.05, 0) is 36.6 Å². The molecule has 0 aliphatic carbocycles. The minimum absolute atomic E-state index is 0.117. The molecular formula is C14H18N2O2S. The molecule has 1 heterocycles. The first-order chi connectivity index (χ1) is 9.10. The zero-order valence-electron chi connectivity index (χ0n) is 11.3. The Labute approximate surface area is 115 Å². The maximum absolute atomic E-state index is 11.2. The number of aromatic nitrogens is 1. The van der Waals surface area contributed by atoms with Gasteiger partial charge in [-0.15, -0.1) is 0 Å². The lowest BCUT2D eigenvalue weighted by Crippen LogP contribution is -2.22. The maximum atomic E-state index is 11.2. The molecule has 1 aromatic heterocycles. The van der Waals surface area contributed by atoms with E-state index in [0.717, 1.165) is 22.3 Å². The normalized spacial score (nSPS) is 14.1. The van der Waals surface area contributed by atoms with Crippen LogP contribution in [0.3, 0.4) is 0 Å². The number of nitrogens with one attached hydrogen (secondary N) is 1. The van der Waals surface area contributed by atoms with Crippen LogP contribution < -0.4 is 10.1 Å². The average molecular weight is 278 g/mol. The maximum Gasteiger partial charge on any atom is 0.134 e. The van der Waals surface area contributed by atoms with E-state index >= 15 is 0 Å². The van der Waals surface area contributed by atoms with E-state index in [2.05, 4.69) is 10.3 Å². The van der Waals surface area contributed by atoms with Gasteiger partial charge in [0.2, 0.25) is 0 Å². The van der Waals surface area contributed by atoms with Gasteiger partial charge in [0.15, 0.2) is 0 Å². The number of ether oxygens (including phenoxy) is 1. The third-order valence-electron chi connectivity index (χ3n) is 2.84. The summed E-state index contributed by atoms with van der Waals surface area (Å²) in [5.74, 6) is 2.25. The van der Waals surface area contributed by atoms with Gasteiger partial charge in [0.25, 0.3) is 0 Å². The van der Waals surface area contributed by atoms with Crippen LogP contribution in [0.4, 0.5) is 5.82 Å². The van der Waals surface area contributed by atoms with Gasteiger partial charge in [0.1, 0.15) is 11.6 Å². The number of anilines is 1. The number of benzene rings is 1. The van der Waals surface area contributed by atoms with E-state index in [1.807, 2.05) is 31.2 Å². The summed E-state index contributed by atoms with van der Waals surface area (Å²) in [5.41, 5.74) is 0. The number of fused-ring (bicyclic) bond motifs is 1. The Morgan fingerprint density at radius 2 is 2.21 bits per heavy atom. The topological polar surface area (TPSA) is 51.2 Å². The van der Waals surface area contributed by atoms with E-state index < -0.39 is 10.8 Å². The van der Waals surface area contributed by atoms with Gasteiger partial charge in [0, 0.05) is 40.4 Å². The highest BCUT2D eigenvalue weighted by Gasteiger charge is 2.08. The van der Waals surface area contributed by atoms with Crippen molar-refractivity contribution in [1.82, 2.24) is 4.98 Å². The van der Waals surface area contributed by atoms with Gasteiger partial charge in [-0.3, -0.25) is 4.21 Å². The third kappa shape index (κ3) is 3.44. The summed E-state index contributed by atoms with van der Waals surface area (Å²) in [6.45, 7) is 2.01. The smallest absolute Gasteiger partial charge is 0.134 e. The molecule has 19 heavy (non-hydrogen) atoms. The molecule has 0 bridgehead atoms. The summed E-state index contributed by atoms with van der Waals surface area (Å²) in [5, 5.41) is 5.42. The number of hydrogen-bond donors (Lipinski definition) is 1. The molecule has 5 heteroatoms. The van der Waals surface area contributed by atoms with E-state index in [1.54, 1.807) is 19.6 Å². The Hall–Kier alpha value is -1.62. The van der Waals surface area contributed by atoms with Crippen molar-refractivity contribution in [2.24, 2.45) is 0 Å². The molecule has 2 aromatic rings. The van der Waals surface area contributed by atoms with E-state index in [4.69, 9.17) is 4.74 Å². The molecule has 2 atom stereocenters. The molecule has 4 nitrogen and oxygen atoms in total. The standard InChI is InChI=1S/C14H18N2O2S/c1-10(9-19(3)17)16-14-13-5-4-12(18-2)8-11(13)6-7-15-14/h4-8,10H,9H2,1-3H3,(H,15,16). The van der Waals surface area contributed by atoms with Crippen molar-refractivity contribution in [3.05, 3.63) is 30.5 Å². The molecule has 0 saturated heterocycles. The molecule has 2 unspecified atom stereocenters. The van der Waals surface area contributed by atoms with Crippen LogP contribution in [-0.2, 0) is 10.8 Å². The molecule has 1 aromatic carbocycles. The summed E-state index contributed by atoms with van der Waals surface area (Å²) < 4.78 is 16.4. The molecular weight excluding hydrogens is 260 g/mol. The molecule has 0 saturated carbocycles. The second-order valence-electron chi connectivity index (χ2n) is 4.53. The number of hydrogen-bond acceptors (Lipinski definition) is 4. The first-order valence-electron chi connectivity index (χ1n) is 6.09. The Morgan fingerprint density at radius 3 is 2.89 bits per heavy atom. The zero-order chi connectivity index (χ0) is 13.8. The number of rotatable bonds is 5. The first-order valence-corrected chi connectivity index (χ1v) is 7.82. The molecule has 0 amide bonds. The molecule has 0 fully saturated rings. The molecule has 0 spiro atoms. The minimum atomic E-state index is -0.818. The summed E-state index contributed by atoms with van der Waals surface area (Å²) in [4.78, 5) is 4.36. The largest absolute Gasteiger partial charge is 0.497 e. The van der Waals surface area contributed by atoms with Crippen LogP contribution in [0.1, 0.15) is 6.92 Å². The van der Waals surface area contributed by atoms with Crippen LogP contribution in [0.25, 0.3) is 10.8 Å². The van der Waals surface area contributed by atoms with Crippen molar-refractivity contribution >= 4 is 27.4 Å². The zero-order valence-corrected chi connectivity index (χ0v) is 12.2. The van der Waals surface area contributed by atoms with Crippen molar-refractivity contribution in [3.8, 4) is 5.75 Å². The number of pyridine rings is 1. The number of nitrogens with zero attached hydrogens (tertiary/aromatic N) is 1. The fraction of sp³-hybridized carbons (Fsp3) is 0.357. The summed E-state index contributed by atoms with van der Waals surface area (Å²) >= 11 is 0. The fourth-order valence-corrected chi connectivity index (χ4v) is 2.81. The lowest BCUT2D eigenvalue weighted by molar-refractivity contribution is 0.415. The van der Waals surface area contributed by atoms with Crippen LogP contribution >= 0.6 is 0 Å². The van der Waals surface area contributed by atoms with Gasteiger partial charge in [-0.25, -0.2) is 4.98 Å². The highest BCUT2D eigenvalue weighted by molar-refractivity contribution is 7.84. The van der Waals surface area contributed by atoms with Gasteiger partial charge >= 0.3 is 0 Å². The van der Waals surface area contributed by atoms with E-state index in [0.29, 0.717) is 5.75 Å². The molecule has 0 aliphatic rings. The van der Waals surface area contributed by atoms with Crippen LogP contribution in [-0.4, -0.2) is 34.4 Å². The van der Waals surface area contributed by atoms with Crippen LogP contribution in [0, 0.1) is 0 Å². The molecule has 102 valence electrons. The van der Waals surface area contributed by atoms with Gasteiger partial charge in [-0.1, -0.05) is 0 Å². The average Bonchev–Trinajstić information content (AvgIpc) is 2.37. The van der Waals surface area contributed by atoms with E-state index in [-0.39, 0.29) is 6.04 Å². The Balaban J connectivity index is 2.30. The summed E-state index contributed by atoms with van der Waals surface area (Å²) in [6.07, 6.45) is 3.47. The Morgan fingerprint density at radius 1 is 1.42 bits per heavy atom. The SMILES string of the molecule is COc1ccc2c(NC(C)CS(C)=O)nccc2c1. The van der Waals surface area contributed by atoms with Gasteiger partial charge in [-0.2, -0.15) is 0 Å². The lowest BCUT2D eigenvalue weighted by Gasteiger charge is -2.15. The fourth-order valence-electron chi connectivity index (χ4n) is 2.03. The van der Waals surface area contributed by atoms with Crippen molar-refractivity contribution < 1.29 is 8.95 Å². The predicted octanol–water partition coefficient (Wildman–Crippen LogP) is 2.42. The van der Waals surface area contributed by atoms with Gasteiger partial charge < -0.3 is 10.1 Å². The molecule has 2 rings (SSSR count). The first kappa shape index (κ1) is 13.8. The highest BCUT2D eigenvalue weighted by Crippen LogP contribution is 2.25. The Kier molecular flexibility index (Phi) is 4.37. The van der Waals surface area contributed by atoms with Crippen molar-refractivity contribution in [3.63, 3.8) is 0 Å². The van der Waals surface area contributed by atoms with Crippen molar-refractivity contribution in [2.75, 3.05) is 24.4 Å².